The normalized spacial score (nSPS) is 16.6. The number of carbonyl (C=O) groups is 3. The number of piperazine rings is 3. The molecule has 3 saturated heterocycles. The minimum atomic E-state index is 0.0262. The Balaban J connectivity index is 0.000000140. The lowest BCUT2D eigenvalue weighted by Crippen LogP contribution is -2.46. The molecule has 3 fully saturated rings. The average molecular weight is 1160 g/mol. The van der Waals surface area contributed by atoms with E-state index in [0.29, 0.717) is 47.8 Å². The second-order valence-electron chi connectivity index (χ2n) is 23.0. The highest BCUT2D eigenvalue weighted by Gasteiger charge is 2.26. The van der Waals surface area contributed by atoms with Crippen molar-refractivity contribution in [3.05, 3.63) is 131 Å². The number of nitrogens with one attached hydrogen (secondary N) is 4. The standard InChI is InChI=1S/C22H28N4O2.C21H28N6O.C21H27N5OS/c1-3-25-8-10-26(11-9-25)22-24-15-21(28-22)20(27)13-16(2)12-17-14-23-19-7-5-4-6-18(17)19;1-3-26-8-10-27(11-9-26)21-23-20(24-25-21)19(28)13-15(2)12-16-14-22-18-7-5-4-6-17(16)18;1-3-25-8-10-26(11-9-25)21-24-23-20(28-21)19(27)13-15(2)12-16-14-22-18-7-5-4-6-17(16)18/h4-7,14-16,23H,3,8-13H2,1-2H3;4-7,14-15,22H,3,8-13H2,1-2H3,(H,23,24,25);4-7,14-15,22H,3,8-13H2,1-2H3. The zero-order valence-corrected chi connectivity index (χ0v) is 50.6. The van der Waals surface area contributed by atoms with Crippen LogP contribution in [0.4, 0.5) is 17.1 Å². The van der Waals surface area contributed by atoms with Crippen LogP contribution in [0.15, 0.2) is 102 Å². The molecule has 3 unspecified atom stereocenters. The Morgan fingerprint density at radius 1 is 0.536 bits per heavy atom. The molecule has 444 valence electrons. The number of rotatable bonds is 21. The number of anilines is 3. The van der Waals surface area contributed by atoms with Gasteiger partial charge in [-0.3, -0.25) is 19.5 Å². The van der Waals surface area contributed by atoms with E-state index in [1.807, 2.05) is 42.7 Å². The fraction of sp³-hybridized carbons (Fsp3) is 0.469. The van der Waals surface area contributed by atoms with E-state index in [1.165, 1.54) is 44.2 Å². The van der Waals surface area contributed by atoms with Crippen LogP contribution in [0.5, 0.6) is 0 Å². The maximum Gasteiger partial charge on any atom is 0.297 e. The summed E-state index contributed by atoms with van der Waals surface area (Å²) in [5, 5.41) is 20.7. The minimum absolute atomic E-state index is 0.0262. The van der Waals surface area contributed by atoms with Gasteiger partial charge >= 0.3 is 0 Å². The highest BCUT2D eigenvalue weighted by Crippen LogP contribution is 2.28. The van der Waals surface area contributed by atoms with Crippen molar-refractivity contribution in [2.45, 2.75) is 80.1 Å². The summed E-state index contributed by atoms with van der Waals surface area (Å²) in [5.41, 5.74) is 7.19. The molecule has 84 heavy (non-hydrogen) atoms. The molecule has 0 radical (unpaired) electrons. The molecule has 3 aliphatic rings. The number of oxazole rings is 1. The molecule has 0 amide bonds. The van der Waals surface area contributed by atoms with Crippen molar-refractivity contribution in [2.75, 3.05) is 113 Å². The van der Waals surface area contributed by atoms with Gasteiger partial charge in [-0.15, -0.1) is 15.3 Å². The molecule has 0 aliphatic carbocycles. The molecule has 9 aromatic rings. The summed E-state index contributed by atoms with van der Waals surface area (Å²) >= 11 is 1.44. The van der Waals surface area contributed by atoms with Crippen LogP contribution in [-0.2, 0) is 19.3 Å². The van der Waals surface area contributed by atoms with E-state index in [1.54, 1.807) is 6.20 Å². The van der Waals surface area contributed by atoms with Crippen LogP contribution in [0.2, 0.25) is 0 Å². The Kier molecular flexibility index (Phi) is 20.1. The van der Waals surface area contributed by atoms with Gasteiger partial charge in [-0.05, 0) is 91.5 Å². The molecule has 4 N–H and O–H groups in total. The lowest BCUT2D eigenvalue weighted by atomic mass is 9.95. The summed E-state index contributed by atoms with van der Waals surface area (Å²) in [6, 6.07) is 25.4. The number of para-hydroxylation sites is 3. The third-order valence-electron chi connectivity index (χ3n) is 16.8. The number of fused-ring (bicyclic) bond motifs is 3. The summed E-state index contributed by atoms with van der Waals surface area (Å²) < 4.78 is 5.80. The quantitative estimate of drug-likeness (QED) is 0.0493. The zero-order chi connectivity index (χ0) is 58.5. The second kappa shape index (κ2) is 28.4. The lowest BCUT2D eigenvalue weighted by molar-refractivity contribution is 0.0934. The van der Waals surface area contributed by atoms with E-state index >= 15 is 0 Å². The molecule has 3 aromatic carbocycles. The van der Waals surface area contributed by atoms with Crippen LogP contribution in [0.3, 0.4) is 0 Å². The highest BCUT2D eigenvalue weighted by atomic mass is 32.1. The van der Waals surface area contributed by atoms with Crippen molar-refractivity contribution >= 4 is 78.5 Å². The predicted molar refractivity (Wildman–Crippen MR) is 336 cm³/mol. The van der Waals surface area contributed by atoms with Crippen LogP contribution in [-0.4, -0.2) is 176 Å². The molecule has 0 spiro atoms. The topological polar surface area (TPSA) is 211 Å². The maximum atomic E-state index is 12.7. The number of nitrogens with zero attached hydrogens (tertiary/aromatic N) is 11. The summed E-state index contributed by atoms with van der Waals surface area (Å²) in [4.78, 5) is 70.5. The van der Waals surface area contributed by atoms with Crippen molar-refractivity contribution in [3.8, 4) is 0 Å². The first-order valence-electron chi connectivity index (χ1n) is 30.3. The summed E-state index contributed by atoms with van der Waals surface area (Å²) in [6.45, 7) is 27.7. The number of Topliss-reactive ketones (excluding diaryl/α,β-unsaturated/α-hetero) is 3. The molecule has 3 aliphatic heterocycles. The van der Waals surface area contributed by atoms with Crippen molar-refractivity contribution in [2.24, 2.45) is 17.8 Å². The molecular weight excluding hydrogens is 1070 g/mol. The number of likely N-dealkylation sites (N-methyl/N-ethyl adjacent to an activating group) is 3. The van der Waals surface area contributed by atoms with Gasteiger partial charge in [0.25, 0.3) is 6.01 Å². The molecule has 20 heteroatoms. The van der Waals surface area contributed by atoms with Crippen molar-refractivity contribution < 1.29 is 18.8 Å². The predicted octanol–water partition coefficient (Wildman–Crippen LogP) is 10.2. The highest BCUT2D eigenvalue weighted by molar-refractivity contribution is 7.17. The number of hydrogen-bond donors (Lipinski definition) is 4. The molecule has 6 aromatic heterocycles. The van der Waals surface area contributed by atoms with Crippen LogP contribution in [0.25, 0.3) is 32.7 Å². The van der Waals surface area contributed by atoms with Crippen molar-refractivity contribution in [1.29, 1.82) is 0 Å². The fourth-order valence-electron chi connectivity index (χ4n) is 11.8. The van der Waals surface area contributed by atoms with E-state index in [-0.39, 0.29) is 35.1 Å². The van der Waals surface area contributed by atoms with Crippen LogP contribution in [0.1, 0.15) is 108 Å². The number of H-pyrrole nitrogens is 4. The van der Waals surface area contributed by atoms with Gasteiger partial charge in [0.1, 0.15) is 0 Å². The van der Waals surface area contributed by atoms with Gasteiger partial charge < -0.3 is 48.8 Å². The van der Waals surface area contributed by atoms with Gasteiger partial charge in [-0.25, -0.2) is 4.98 Å². The number of aromatic amines is 4. The molecule has 12 rings (SSSR count). The molecule has 0 bridgehead atoms. The Labute approximate surface area is 496 Å². The summed E-state index contributed by atoms with van der Waals surface area (Å²) in [5.74, 6) is 2.26. The largest absolute Gasteiger partial charge is 0.420 e. The number of benzene rings is 3. The van der Waals surface area contributed by atoms with Crippen LogP contribution >= 0.6 is 11.3 Å². The lowest BCUT2D eigenvalue weighted by Gasteiger charge is -2.33. The first-order valence-corrected chi connectivity index (χ1v) is 31.1. The van der Waals surface area contributed by atoms with E-state index in [4.69, 9.17) is 4.42 Å². The Morgan fingerprint density at radius 2 is 0.964 bits per heavy atom. The van der Waals surface area contributed by atoms with Gasteiger partial charge in [-0.2, -0.15) is 4.98 Å². The van der Waals surface area contributed by atoms with Gasteiger partial charge in [0, 0.05) is 149 Å². The van der Waals surface area contributed by atoms with E-state index in [0.717, 1.165) is 139 Å². The summed E-state index contributed by atoms with van der Waals surface area (Å²) in [7, 11) is 0. The third-order valence-corrected chi connectivity index (χ3v) is 17.8. The molecule has 0 saturated carbocycles. The van der Waals surface area contributed by atoms with Gasteiger partial charge in [0.15, 0.2) is 33.9 Å². The monoisotopic (exact) mass is 1160 g/mol. The number of hydrogen-bond acceptors (Lipinski definition) is 16. The Hall–Kier alpha value is -7.52. The van der Waals surface area contributed by atoms with E-state index in [2.05, 4.69) is 165 Å². The van der Waals surface area contributed by atoms with E-state index < -0.39 is 0 Å². The van der Waals surface area contributed by atoms with Gasteiger partial charge in [0.2, 0.25) is 11.1 Å². The third kappa shape index (κ3) is 15.0. The van der Waals surface area contributed by atoms with Crippen molar-refractivity contribution in [1.82, 2.24) is 60.0 Å². The Morgan fingerprint density at radius 3 is 1.44 bits per heavy atom. The van der Waals surface area contributed by atoms with Gasteiger partial charge in [-0.1, -0.05) is 107 Å². The number of carbonyl (C=O) groups excluding carboxylic acids is 3. The first kappa shape index (κ1) is 59.6. The first-order chi connectivity index (χ1) is 40.9. The average Bonchev–Trinajstić information content (AvgIpc) is 4.60. The number of aromatic nitrogens is 9. The molecule has 3 atom stereocenters. The molecule has 9 heterocycles. The molecular formula is C64H83N15O4S. The second-order valence-corrected chi connectivity index (χ2v) is 24.0. The number of ketones is 3. The maximum absolute atomic E-state index is 12.7. The zero-order valence-electron chi connectivity index (χ0n) is 49.8. The molecule has 19 nitrogen and oxygen atoms in total. The SMILES string of the molecule is CCN1CCN(c2n[nH]c(C(=O)CC(C)Cc3c[nH]c4ccccc34)n2)CC1.CCN1CCN(c2ncc(C(=O)CC(C)Cc3c[nH]c4ccccc34)o2)CC1.CCN1CCN(c2nnc(C(=O)CC(C)Cc3c[nH]c4ccccc34)s2)CC1. The van der Waals surface area contributed by atoms with Crippen molar-refractivity contribution in [3.63, 3.8) is 0 Å². The fourth-order valence-corrected chi connectivity index (χ4v) is 12.6. The minimum Gasteiger partial charge on any atom is -0.420 e. The van der Waals surface area contributed by atoms with E-state index in [9.17, 15) is 14.4 Å². The van der Waals surface area contributed by atoms with Crippen LogP contribution < -0.4 is 14.7 Å². The summed E-state index contributed by atoms with van der Waals surface area (Å²) in [6.07, 6.45) is 11.7. The van der Waals surface area contributed by atoms with Gasteiger partial charge in [0.05, 0.1) is 6.20 Å². The van der Waals surface area contributed by atoms with Crippen LogP contribution in [0, 0.1) is 17.8 Å². The smallest absolute Gasteiger partial charge is 0.297 e. The Bertz CT molecular complexity index is 3180.